The third kappa shape index (κ3) is 13.4. The van der Waals surface area contributed by atoms with Crippen molar-refractivity contribution in [2.24, 2.45) is 5.92 Å². The zero-order chi connectivity index (χ0) is 15.1. The molecule has 0 rings (SSSR count). The summed E-state index contributed by atoms with van der Waals surface area (Å²) < 4.78 is 0. The number of hydrogen-bond donors (Lipinski definition) is 1. The van der Waals surface area contributed by atoms with Crippen LogP contribution in [0.4, 0.5) is 0 Å². The molecule has 0 aromatic rings. The Balaban J connectivity index is 3.64. The summed E-state index contributed by atoms with van der Waals surface area (Å²) in [5.41, 5.74) is 0. The fraction of sp³-hybridized carbons (Fsp3) is 0.722. The molecule has 0 radical (unpaired) electrons. The number of carboxylic acid groups (broad SMARTS) is 1. The summed E-state index contributed by atoms with van der Waals surface area (Å²) in [5, 5.41) is 8.95. The highest BCUT2D eigenvalue weighted by Crippen LogP contribution is 2.21. The Labute approximate surface area is 125 Å². The molecule has 1 N–H and O–H groups in total. The van der Waals surface area contributed by atoms with Gasteiger partial charge in [-0.05, 0) is 31.6 Å². The summed E-state index contributed by atoms with van der Waals surface area (Å²) in [6.45, 7) is 5.83. The number of aliphatic carboxylic acids is 1. The van der Waals surface area contributed by atoms with Gasteiger partial charge in [0, 0.05) is 6.42 Å². The molecule has 0 aliphatic rings. The lowest BCUT2D eigenvalue weighted by Crippen LogP contribution is -2.08. The zero-order valence-electron chi connectivity index (χ0n) is 13.2. The molecule has 0 saturated carbocycles. The quantitative estimate of drug-likeness (QED) is 0.325. The van der Waals surface area contributed by atoms with Gasteiger partial charge >= 0.3 is 5.97 Å². The highest BCUT2D eigenvalue weighted by molar-refractivity contribution is 5.66. The van der Waals surface area contributed by atoms with Crippen LogP contribution in [0.25, 0.3) is 0 Å². The molecule has 0 amide bonds. The van der Waals surface area contributed by atoms with Gasteiger partial charge in [0.1, 0.15) is 0 Å². The van der Waals surface area contributed by atoms with Crippen LogP contribution in [0.2, 0.25) is 0 Å². The number of unbranched alkanes of at least 4 members (excludes halogenated alkanes) is 6. The van der Waals surface area contributed by atoms with E-state index in [0.29, 0.717) is 12.3 Å². The second-order valence-corrected chi connectivity index (χ2v) is 5.62. The molecule has 0 aliphatic heterocycles. The molecule has 0 saturated heterocycles. The van der Waals surface area contributed by atoms with Gasteiger partial charge in [-0.3, -0.25) is 4.79 Å². The second-order valence-electron chi connectivity index (χ2n) is 5.62. The first-order valence-electron chi connectivity index (χ1n) is 8.20. The Hall–Kier alpha value is -1.05. The van der Waals surface area contributed by atoms with E-state index < -0.39 is 5.97 Å². The molecule has 0 spiro atoms. The van der Waals surface area contributed by atoms with E-state index in [1.807, 2.05) is 12.2 Å². The molecule has 0 bridgehead atoms. The molecule has 2 nitrogen and oxygen atoms in total. The lowest BCUT2D eigenvalue weighted by molar-refractivity contribution is -0.138. The van der Waals surface area contributed by atoms with Gasteiger partial charge in [-0.2, -0.15) is 0 Å². The average Bonchev–Trinajstić information content (AvgIpc) is 2.41. The average molecular weight is 280 g/mol. The van der Waals surface area contributed by atoms with Crippen LogP contribution in [0.5, 0.6) is 0 Å². The lowest BCUT2D eigenvalue weighted by Gasteiger charge is -2.14. The molecule has 0 heterocycles. The summed E-state index contributed by atoms with van der Waals surface area (Å²) in [4.78, 5) is 10.9. The molecule has 0 aliphatic carbocycles. The van der Waals surface area contributed by atoms with Crippen molar-refractivity contribution in [1.29, 1.82) is 0 Å². The topological polar surface area (TPSA) is 37.3 Å². The van der Waals surface area contributed by atoms with E-state index in [4.69, 9.17) is 5.11 Å². The van der Waals surface area contributed by atoms with E-state index in [1.54, 1.807) is 0 Å². The molecule has 0 aromatic heterocycles. The van der Waals surface area contributed by atoms with Crippen LogP contribution in [-0.2, 0) is 4.79 Å². The van der Waals surface area contributed by atoms with E-state index in [1.165, 1.54) is 44.9 Å². The standard InChI is InChI=1S/C18H32O2/c1-3-5-7-8-9-10-11-13-15-17(16-18(19)20)14-12-6-4-2/h3,5,7,17H,1,4,6,8-16H2,2H3,(H,19,20)/b7-5+. The Morgan fingerprint density at radius 2 is 1.75 bits per heavy atom. The SMILES string of the molecule is C=C/C=C/CCCCCCC(CCCCC)CC(=O)O. The van der Waals surface area contributed by atoms with Crippen molar-refractivity contribution >= 4 is 5.97 Å². The van der Waals surface area contributed by atoms with Crippen molar-refractivity contribution in [1.82, 2.24) is 0 Å². The maximum absolute atomic E-state index is 10.9. The predicted molar refractivity (Wildman–Crippen MR) is 86.9 cm³/mol. The Morgan fingerprint density at radius 3 is 2.35 bits per heavy atom. The number of hydrogen-bond acceptors (Lipinski definition) is 1. The Bertz CT molecular complexity index is 269. The second kappa shape index (κ2) is 14.4. The Morgan fingerprint density at radius 1 is 1.10 bits per heavy atom. The molecule has 20 heavy (non-hydrogen) atoms. The highest BCUT2D eigenvalue weighted by Gasteiger charge is 2.12. The summed E-state index contributed by atoms with van der Waals surface area (Å²) in [6, 6.07) is 0. The molecular formula is C18H32O2. The van der Waals surface area contributed by atoms with Crippen LogP contribution in [0.15, 0.2) is 24.8 Å². The van der Waals surface area contributed by atoms with Crippen LogP contribution in [0.3, 0.4) is 0 Å². The first-order valence-corrected chi connectivity index (χ1v) is 8.20. The predicted octanol–water partition coefficient (Wildman–Crippen LogP) is 5.74. The van der Waals surface area contributed by atoms with Crippen molar-refractivity contribution in [3.8, 4) is 0 Å². The van der Waals surface area contributed by atoms with Crippen LogP contribution < -0.4 is 0 Å². The monoisotopic (exact) mass is 280 g/mol. The maximum atomic E-state index is 10.9. The van der Waals surface area contributed by atoms with Gasteiger partial charge in [0.2, 0.25) is 0 Å². The van der Waals surface area contributed by atoms with Gasteiger partial charge in [0.15, 0.2) is 0 Å². The zero-order valence-corrected chi connectivity index (χ0v) is 13.2. The number of carbonyl (C=O) groups is 1. The van der Waals surface area contributed by atoms with Crippen LogP contribution >= 0.6 is 0 Å². The minimum Gasteiger partial charge on any atom is -0.481 e. The molecule has 2 heteroatoms. The minimum atomic E-state index is -0.638. The van der Waals surface area contributed by atoms with Crippen LogP contribution in [0.1, 0.15) is 77.6 Å². The molecule has 1 unspecified atom stereocenters. The molecular weight excluding hydrogens is 248 g/mol. The first kappa shape index (κ1) is 18.9. The molecule has 116 valence electrons. The number of carboxylic acids is 1. The van der Waals surface area contributed by atoms with Gasteiger partial charge < -0.3 is 5.11 Å². The van der Waals surface area contributed by atoms with Crippen molar-refractivity contribution < 1.29 is 9.90 Å². The summed E-state index contributed by atoms with van der Waals surface area (Å²) in [7, 11) is 0. The van der Waals surface area contributed by atoms with Gasteiger partial charge in [-0.25, -0.2) is 0 Å². The Kier molecular flexibility index (Phi) is 13.6. The lowest BCUT2D eigenvalue weighted by atomic mass is 9.92. The van der Waals surface area contributed by atoms with E-state index in [2.05, 4.69) is 19.6 Å². The third-order valence-electron chi connectivity index (χ3n) is 3.68. The fourth-order valence-corrected chi connectivity index (χ4v) is 2.52. The van der Waals surface area contributed by atoms with Crippen molar-refractivity contribution in [2.75, 3.05) is 0 Å². The van der Waals surface area contributed by atoms with Crippen molar-refractivity contribution in [3.05, 3.63) is 24.8 Å². The summed E-state index contributed by atoms with van der Waals surface area (Å²) in [6.07, 6.45) is 18.1. The van der Waals surface area contributed by atoms with Crippen molar-refractivity contribution in [2.45, 2.75) is 77.6 Å². The third-order valence-corrected chi connectivity index (χ3v) is 3.68. The summed E-state index contributed by atoms with van der Waals surface area (Å²) in [5.74, 6) is -0.249. The largest absolute Gasteiger partial charge is 0.481 e. The van der Waals surface area contributed by atoms with Crippen molar-refractivity contribution in [3.63, 3.8) is 0 Å². The summed E-state index contributed by atoms with van der Waals surface area (Å²) >= 11 is 0. The fourth-order valence-electron chi connectivity index (χ4n) is 2.52. The number of rotatable bonds is 14. The smallest absolute Gasteiger partial charge is 0.303 e. The first-order chi connectivity index (χ1) is 9.70. The number of allylic oxidation sites excluding steroid dienone is 3. The van der Waals surface area contributed by atoms with Gasteiger partial charge in [0.25, 0.3) is 0 Å². The van der Waals surface area contributed by atoms with Crippen LogP contribution in [0, 0.1) is 5.92 Å². The minimum absolute atomic E-state index is 0.353. The maximum Gasteiger partial charge on any atom is 0.303 e. The van der Waals surface area contributed by atoms with E-state index in [9.17, 15) is 4.79 Å². The highest BCUT2D eigenvalue weighted by atomic mass is 16.4. The molecule has 1 atom stereocenters. The van der Waals surface area contributed by atoms with Crippen LogP contribution in [-0.4, -0.2) is 11.1 Å². The van der Waals surface area contributed by atoms with Gasteiger partial charge in [-0.1, -0.05) is 70.3 Å². The van der Waals surface area contributed by atoms with E-state index in [-0.39, 0.29) is 0 Å². The van der Waals surface area contributed by atoms with E-state index >= 15 is 0 Å². The molecule has 0 fully saturated rings. The van der Waals surface area contributed by atoms with Gasteiger partial charge in [-0.15, -0.1) is 0 Å². The molecule has 0 aromatic carbocycles. The van der Waals surface area contributed by atoms with Gasteiger partial charge in [0.05, 0.1) is 0 Å². The van der Waals surface area contributed by atoms with E-state index in [0.717, 1.165) is 19.3 Å². The normalized spacial score (nSPS) is 12.7.